The quantitative estimate of drug-likeness (QED) is 0.328. The highest BCUT2D eigenvalue weighted by molar-refractivity contribution is 7.90. The van der Waals surface area contributed by atoms with Crippen molar-refractivity contribution in [3.05, 3.63) is 79.6 Å². The zero-order chi connectivity index (χ0) is 34.8. The van der Waals surface area contributed by atoms with E-state index < -0.39 is 68.1 Å². The van der Waals surface area contributed by atoms with Crippen LogP contribution in [0.2, 0.25) is 36.3 Å². The smallest absolute Gasteiger partial charge is 0.332 e. The molecule has 0 saturated carbocycles. The second-order valence-electron chi connectivity index (χ2n) is 15.1. The Hall–Kier alpha value is -2.67. The summed E-state index contributed by atoms with van der Waals surface area (Å²) in [6.45, 7) is 21.6. The number of amides is 1. The fourth-order valence-corrected chi connectivity index (χ4v) is 8.48. The van der Waals surface area contributed by atoms with Gasteiger partial charge in [0.1, 0.15) is 6.10 Å². The number of hydrogen-bond donors (Lipinski definition) is 1. The number of carbonyl (C=O) groups excluding carboxylic acids is 1. The highest BCUT2D eigenvalue weighted by atomic mass is 32.2. The van der Waals surface area contributed by atoms with Crippen molar-refractivity contribution in [1.29, 1.82) is 0 Å². The molecule has 12 nitrogen and oxygen atoms in total. The molecule has 2 aliphatic rings. The molecule has 1 aromatic heterocycles. The number of carbonyl (C=O) groups is 1. The molecule has 1 saturated heterocycles. The number of aryl methyl sites for hydroxylation is 1. The normalized spacial score (nSPS) is 25.1. The van der Waals surface area contributed by atoms with Crippen LogP contribution in [0.15, 0.2) is 57.2 Å². The number of aromatic nitrogens is 2. The fourth-order valence-electron chi connectivity index (χ4n) is 4.86. The van der Waals surface area contributed by atoms with Gasteiger partial charge >= 0.3 is 5.69 Å². The van der Waals surface area contributed by atoms with Crippen molar-refractivity contribution in [1.82, 2.24) is 14.5 Å². The van der Waals surface area contributed by atoms with E-state index in [1.807, 2.05) is 67.7 Å². The third kappa shape index (κ3) is 6.42. The maximum atomic E-state index is 13.7. The first-order chi connectivity index (χ1) is 20.8. The van der Waals surface area contributed by atoms with Crippen LogP contribution in [-0.4, -0.2) is 58.1 Å². The molecule has 46 heavy (non-hydrogen) atoms. The summed E-state index contributed by atoms with van der Waals surface area (Å²) in [6, 6.07) is 8.34. The van der Waals surface area contributed by atoms with E-state index in [0.717, 1.165) is 9.98 Å². The third-order valence-corrected chi connectivity index (χ3v) is 19.6. The lowest BCUT2D eigenvalue weighted by Crippen LogP contribution is -2.61. The Kier molecular flexibility index (Phi) is 9.27. The molecule has 1 aromatic carbocycles. The molecule has 4 rings (SSSR count). The predicted octanol–water partition coefficient (Wildman–Crippen LogP) is 4.49. The van der Waals surface area contributed by atoms with Gasteiger partial charge in [0.25, 0.3) is 21.6 Å². The van der Waals surface area contributed by atoms with Crippen molar-refractivity contribution >= 4 is 32.7 Å². The largest absolute Gasteiger partial charge is 0.406 e. The summed E-state index contributed by atoms with van der Waals surface area (Å²) >= 11 is 0. The Morgan fingerprint density at radius 1 is 0.957 bits per heavy atom. The minimum absolute atomic E-state index is 0.133. The SMILES string of the molecule is Cc1cn([C@@H]2OC(O[Si](C)(C)C(C)(C)C)C3(OS(=O)(=O)C=C3NC(=O)c3ccccc3)C2O[Si](C)(C)C(C)(C)C)c(=O)n(C)c1=O. The summed E-state index contributed by atoms with van der Waals surface area (Å²) in [5.41, 5.74) is -2.85. The van der Waals surface area contributed by atoms with Crippen LogP contribution in [0.1, 0.15) is 63.7 Å². The van der Waals surface area contributed by atoms with Crippen molar-refractivity contribution in [2.24, 2.45) is 7.05 Å². The lowest BCUT2D eigenvalue weighted by Gasteiger charge is -2.45. The summed E-state index contributed by atoms with van der Waals surface area (Å²) in [7, 11) is -8.67. The van der Waals surface area contributed by atoms with Crippen LogP contribution in [0.5, 0.6) is 0 Å². The van der Waals surface area contributed by atoms with Gasteiger partial charge in [-0.05, 0) is 55.3 Å². The summed E-state index contributed by atoms with van der Waals surface area (Å²) < 4.78 is 55.6. The molecule has 254 valence electrons. The van der Waals surface area contributed by atoms with Gasteiger partial charge < -0.3 is 18.9 Å². The van der Waals surface area contributed by atoms with E-state index in [9.17, 15) is 22.8 Å². The number of nitrogens with zero attached hydrogens (tertiary/aromatic N) is 2. The van der Waals surface area contributed by atoms with Crippen LogP contribution >= 0.6 is 0 Å². The lowest BCUT2D eigenvalue weighted by atomic mass is 9.93. The molecule has 1 amide bonds. The van der Waals surface area contributed by atoms with Gasteiger partial charge in [0, 0.05) is 24.4 Å². The molecule has 2 aromatic rings. The van der Waals surface area contributed by atoms with E-state index >= 15 is 0 Å². The molecule has 15 heteroatoms. The molecule has 3 unspecified atom stereocenters. The molecule has 0 radical (unpaired) electrons. The second-order valence-corrected chi connectivity index (χ2v) is 26.0. The van der Waals surface area contributed by atoms with Gasteiger partial charge in [0.15, 0.2) is 29.2 Å². The Morgan fingerprint density at radius 3 is 2.04 bits per heavy atom. The van der Waals surface area contributed by atoms with Crippen molar-refractivity contribution in [2.75, 3.05) is 0 Å². The van der Waals surface area contributed by atoms with Gasteiger partial charge in [-0.1, -0.05) is 59.7 Å². The van der Waals surface area contributed by atoms with Crippen molar-refractivity contribution in [3.63, 3.8) is 0 Å². The minimum atomic E-state index is -4.43. The fraction of sp³-hybridized carbons (Fsp3) is 0.581. The van der Waals surface area contributed by atoms with Crippen LogP contribution < -0.4 is 16.6 Å². The van der Waals surface area contributed by atoms with E-state index in [2.05, 4.69) is 5.32 Å². The summed E-state index contributed by atoms with van der Waals surface area (Å²) in [5, 5.41) is 2.90. The molecular formula is C31H47N3O9SSi2. The van der Waals surface area contributed by atoms with E-state index in [1.165, 1.54) is 17.8 Å². The van der Waals surface area contributed by atoms with Gasteiger partial charge in [0.2, 0.25) is 5.60 Å². The third-order valence-electron chi connectivity index (χ3n) is 9.71. The van der Waals surface area contributed by atoms with Crippen LogP contribution in [0.3, 0.4) is 0 Å². The maximum absolute atomic E-state index is 13.7. The summed E-state index contributed by atoms with van der Waals surface area (Å²) in [6.07, 6.45) is -2.71. The van der Waals surface area contributed by atoms with Crippen LogP contribution in [0.4, 0.5) is 0 Å². The van der Waals surface area contributed by atoms with E-state index in [4.69, 9.17) is 17.8 Å². The molecule has 4 atom stereocenters. The first-order valence-corrected chi connectivity index (χ1v) is 22.5. The average molecular weight is 694 g/mol. The Morgan fingerprint density at radius 2 is 1.50 bits per heavy atom. The van der Waals surface area contributed by atoms with Crippen LogP contribution in [-0.2, 0) is 34.9 Å². The Balaban J connectivity index is 2.04. The monoisotopic (exact) mass is 693 g/mol. The first kappa shape index (κ1) is 36.2. The molecule has 1 fully saturated rings. The molecule has 2 aliphatic heterocycles. The number of rotatable bonds is 7. The van der Waals surface area contributed by atoms with Gasteiger partial charge in [-0.15, -0.1) is 0 Å². The summed E-state index contributed by atoms with van der Waals surface area (Å²) in [5.74, 6) is -0.581. The molecule has 3 heterocycles. The lowest BCUT2D eigenvalue weighted by molar-refractivity contribution is -0.147. The van der Waals surface area contributed by atoms with Gasteiger partial charge in [-0.25, -0.2) is 8.98 Å². The second kappa shape index (κ2) is 11.8. The predicted molar refractivity (Wildman–Crippen MR) is 180 cm³/mol. The van der Waals surface area contributed by atoms with E-state index in [-0.39, 0.29) is 26.9 Å². The molecular weight excluding hydrogens is 647 g/mol. The zero-order valence-electron chi connectivity index (χ0n) is 28.8. The number of hydrogen-bond acceptors (Lipinski definition) is 9. The highest BCUT2D eigenvalue weighted by Crippen LogP contribution is 2.54. The minimum Gasteiger partial charge on any atom is -0.406 e. The van der Waals surface area contributed by atoms with E-state index in [1.54, 1.807) is 37.3 Å². The Labute approximate surface area is 273 Å². The van der Waals surface area contributed by atoms with Crippen molar-refractivity contribution in [2.45, 2.75) is 109 Å². The maximum Gasteiger partial charge on any atom is 0.332 e. The Bertz CT molecular complexity index is 1770. The zero-order valence-corrected chi connectivity index (χ0v) is 31.6. The highest BCUT2D eigenvalue weighted by Gasteiger charge is 2.69. The number of ether oxygens (including phenoxy) is 1. The average Bonchev–Trinajstić information content (AvgIpc) is 3.35. The topological polar surface area (TPSA) is 144 Å². The van der Waals surface area contributed by atoms with Crippen LogP contribution in [0.25, 0.3) is 0 Å². The molecule has 0 aliphatic carbocycles. The van der Waals surface area contributed by atoms with Gasteiger partial charge in [-0.2, -0.15) is 8.42 Å². The molecule has 1 spiro atoms. The summed E-state index contributed by atoms with van der Waals surface area (Å²) in [4.78, 5) is 40.0. The standard InChI is InChI=1S/C31H47N3O9SSi2/c1-20-18-34(28(37)33(8)25(20)36)26-23(41-45(9,10)29(2,3)4)31(27(40-26)42-46(11,12)30(5,6)7)22(19-44(38,39)43-31)32-24(35)21-16-14-13-15-17-21/h13-19,23,26-27H,1-12H3,(H,32,35)/t23?,26-,27?,31?/m1/s1. The molecule has 1 N–H and O–H groups in total. The van der Waals surface area contributed by atoms with Crippen molar-refractivity contribution in [3.8, 4) is 0 Å². The van der Waals surface area contributed by atoms with Gasteiger partial charge in [0.05, 0.1) is 11.1 Å². The van der Waals surface area contributed by atoms with Gasteiger partial charge in [-0.3, -0.25) is 18.7 Å². The van der Waals surface area contributed by atoms with Crippen molar-refractivity contribution < 1.29 is 31.0 Å². The van der Waals surface area contributed by atoms with E-state index in [0.29, 0.717) is 0 Å². The molecule has 0 bridgehead atoms. The number of nitrogens with one attached hydrogen (secondary N) is 1. The first-order valence-electron chi connectivity index (χ1n) is 15.2. The number of benzene rings is 1. The van der Waals surface area contributed by atoms with Crippen LogP contribution in [0, 0.1) is 6.92 Å².